The van der Waals surface area contributed by atoms with Crippen molar-refractivity contribution < 1.29 is 13.2 Å². The van der Waals surface area contributed by atoms with E-state index < -0.39 is 16.8 Å². The maximum absolute atomic E-state index is 11.3. The molecule has 0 aliphatic heterocycles. The molecule has 1 aliphatic rings. The van der Waals surface area contributed by atoms with Crippen LogP contribution in [-0.4, -0.2) is 5.92 Å². The molecule has 0 fully saturated rings. The molecule has 0 saturated heterocycles. The minimum Gasteiger partial charge on any atom is -0.203 e. The summed E-state index contributed by atoms with van der Waals surface area (Å²) in [4.78, 5) is 0. The van der Waals surface area contributed by atoms with Gasteiger partial charge in [-0.3, -0.25) is 0 Å². The number of alkyl halides is 2. The lowest BCUT2D eigenvalue weighted by molar-refractivity contribution is 0.122. The van der Waals surface area contributed by atoms with Crippen LogP contribution in [0.4, 0.5) is 13.2 Å². The third-order valence-electron chi connectivity index (χ3n) is 0.682. The molecule has 0 atom stereocenters. The first-order chi connectivity index (χ1) is 3.07. The van der Waals surface area contributed by atoms with E-state index >= 15 is 0 Å². The second kappa shape index (κ2) is 0.968. The average Bonchev–Trinajstić information content (AvgIpc) is 1.91. The Morgan fingerprint density at radius 1 is 1.43 bits per heavy atom. The molecule has 0 N–H and O–H groups in total. The van der Waals surface area contributed by atoms with E-state index in [9.17, 15) is 13.2 Å². The van der Waals surface area contributed by atoms with Crippen LogP contribution in [0.5, 0.6) is 0 Å². The van der Waals surface area contributed by atoms with Gasteiger partial charge in [-0.2, -0.15) is 8.78 Å². The molecule has 0 heterocycles. The van der Waals surface area contributed by atoms with Crippen LogP contribution >= 0.6 is 11.6 Å². The molecule has 0 aromatic rings. The van der Waals surface area contributed by atoms with Gasteiger partial charge in [0.05, 0.1) is 0 Å². The first-order valence-corrected chi connectivity index (χ1v) is 1.88. The minimum atomic E-state index is -3.40. The van der Waals surface area contributed by atoms with E-state index in [-0.39, 0.29) is 0 Å². The van der Waals surface area contributed by atoms with Gasteiger partial charge >= 0.3 is 5.92 Å². The van der Waals surface area contributed by atoms with Gasteiger partial charge in [-0.05, 0) is 0 Å². The van der Waals surface area contributed by atoms with Gasteiger partial charge in [0, 0.05) is 0 Å². The fourth-order valence-electron chi connectivity index (χ4n) is 0.184. The Morgan fingerprint density at radius 3 is 1.57 bits per heavy atom. The predicted molar refractivity (Wildman–Crippen MR) is 18.9 cm³/mol. The number of hydrogen-bond acceptors (Lipinski definition) is 0. The third-order valence-corrected chi connectivity index (χ3v) is 1.08. The summed E-state index contributed by atoms with van der Waals surface area (Å²) in [5, 5.41) is -0.951. The summed E-state index contributed by atoms with van der Waals surface area (Å²) in [5.74, 6) is -4.89. The highest BCUT2D eigenvalue weighted by molar-refractivity contribution is 6.34. The number of halogens is 4. The van der Waals surface area contributed by atoms with Crippen molar-refractivity contribution >= 4 is 11.6 Å². The van der Waals surface area contributed by atoms with Crippen molar-refractivity contribution in [2.24, 2.45) is 0 Å². The Balaban J connectivity index is 2.69. The molecule has 0 amide bonds. The summed E-state index contributed by atoms with van der Waals surface area (Å²) < 4.78 is 34.0. The molecule has 0 aromatic heterocycles. The SMILES string of the molecule is FC1=C(Cl)C1(F)F. The third kappa shape index (κ3) is 0.445. The second-order valence-electron chi connectivity index (χ2n) is 1.20. The fourth-order valence-corrected chi connectivity index (χ4v) is 0.338. The molecular weight excluding hydrogens is 128 g/mol. The first-order valence-electron chi connectivity index (χ1n) is 1.51. The summed E-state index contributed by atoms with van der Waals surface area (Å²) in [6.07, 6.45) is 0. The molecular formula is C3ClF3. The fraction of sp³-hybridized carbons (Fsp3) is 0.333. The van der Waals surface area contributed by atoms with Crippen molar-refractivity contribution in [3.8, 4) is 0 Å². The van der Waals surface area contributed by atoms with Gasteiger partial charge in [-0.1, -0.05) is 11.6 Å². The van der Waals surface area contributed by atoms with Gasteiger partial charge in [0.15, 0.2) is 5.83 Å². The maximum atomic E-state index is 11.3. The molecule has 1 rings (SSSR count). The van der Waals surface area contributed by atoms with Crippen molar-refractivity contribution in [1.82, 2.24) is 0 Å². The zero-order valence-corrected chi connectivity index (χ0v) is 3.77. The van der Waals surface area contributed by atoms with Gasteiger partial charge in [0.25, 0.3) is 0 Å². The second-order valence-corrected chi connectivity index (χ2v) is 1.58. The molecule has 0 radical (unpaired) electrons. The van der Waals surface area contributed by atoms with Gasteiger partial charge in [0.2, 0.25) is 0 Å². The normalized spacial score (nSPS) is 25.7. The summed E-state index contributed by atoms with van der Waals surface area (Å²) in [5.41, 5.74) is 0. The largest absolute Gasteiger partial charge is 0.338 e. The van der Waals surface area contributed by atoms with Crippen molar-refractivity contribution in [3.63, 3.8) is 0 Å². The molecule has 4 heteroatoms. The lowest BCUT2D eigenvalue weighted by Crippen LogP contribution is -1.91. The van der Waals surface area contributed by atoms with Crippen molar-refractivity contribution in [2.75, 3.05) is 0 Å². The average molecular weight is 128 g/mol. The molecule has 0 saturated carbocycles. The minimum absolute atomic E-state index is 0.951. The van der Waals surface area contributed by atoms with Crippen molar-refractivity contribution in [3.05, 3.63) is 10.9 Å². The molecule has 7 heavy (non-hydrogen) atoms. The molecule has 0 aromatic carbocycles. The Morgan fingerprint density at radius 2 is 1.57 bits per heavy atom. The monoisotopic (exact) mass is 128 g/mol. The predicted octanol–water partition coefficient (Wildman–Crippen LogP) is 2.06. The smallest absolute Gasteiger partial charge is 0.203 e. The van der Waals surface area contributed by atoms with Gasteiger partial charge in [-0.25, -0.2) is 4.39 Å². The number of allylic oxidation sites excluding steroid dienone is 2. The molecule has 0 nitrogen and oxygen atoms in total. The van der Waals surface area contributed by atoms with Crippen LogP contribution < -0.4 is 0 Å². The topological polar surface area (TPSA) is 0 Å². The van der Waals surface area contributed by atoms with E-state index in [1.165, 1.54) is 0 Å². The van der Waals surface area contributed by atoms with Crippen molar-refractivity contribution in [1.29, 1.82) is 0 Å². The summed E-state index contributed by atoms with van der Waals surface area (Å²) in [6, 6.07) is 0. The Kier molecular flexibility index (Phi) is 0.687. The zero-order chi connectivity index (χ0) is 5.65. The Bertz CT molecular complexity index is 123. The van der Waals surface area contributed by atoms with Crippen LogP contribution in [0.3, 0.4) is 0 Å². The highest BCUT2D eigenvalue weighted by atomic mass is 35.5. The van der Waals surface area contributed by atoms with Gasteiger partial charge in [-0.15, -0.1) is 0 Å². The lowest BCUT2D eigenvalue weighted by Gasteiger charge is -1.83. The summed E-state index contributed by atoms with van der Waals surface area (Å²) in [6.45, 7) is 0. The van der Waals surface area contributed by atoms with Crippen LogP contribution in [0.25, 0.3) is 0 Å². The quantitative estimate of drug-likeness (QED) is 0.468. The van der Waals surface area contributed by atoms with Crippen LogP contribution in [0.15, 0.2) is 10.9 Å². The number of rotatable bonds is 0. The van der Waals surface area contributed by atoms with E-state index in [2.05, 4.69) is 11.6 Å². The summed E-state index contributed by atoms with van der Waals surface area (Å²) in [7, 11) is 0. The van der Waals surface area contributed by atoms with E-state index in [0.29, 0.717) is 0 Å². The Hall–Kier alpha value is -0.180. The van der Waals surface area contributed by atoms with E-state index in [4.69, 9.17) is 0 Å². The maximum Gasteiger partial charge on any atom is 0.338 e. The summed E-state index contributed by atoms with van der Waals surface area (Å²) >= 11 is 4.58. The molecule has 40 valence electrons. The van der Waals surface area contributed by atoms with Gasteiger partial charge < -0.3 is 0 Å². The van der Waals surface area contributed by atoms with Crippen LogP contribution in [0, 0.1) is 0 Å². The van der Waals surface area contributed by atoms with Crippen LogP contribution in [0.1, 0.15) is 0 Å². The molecule has 0 spiro atoms. The first kappa shape index (κ1) is 4.97. The standard InChI is InChI=1S/C3ClF3/c4-1-2(5)3(1,6)7. The van der Waals surface area contributed by atoms with Crippen LogP contribution in [0.2, 0.25) is 0 Å². The van der Waals surface area contributed by atoms with E-state index in [1.807, 2.05) is 0 Å². The number of hydrogen-bond donors (Lipinski definition) is 0. The van der Waals surface area contributed by atoms with Gasteiger partial charge in [0.1, 0.15) is 5.03 Å². The Labute approximate surface area is 42.6 Å². The molecule has 0 unspecified atom stereocenters. The molecule has 1 aliphatic carbocycles. The zero-order valence-electron chi connectivity index (χ0n) is 3.01. The highest BCUT2D eigenvalue weighted by Gasteiger charge is 2.57. The van der Waals surface area contributed by atoms with E-state index in [0.717, 1.165) is 0 Å². The lowest BCUT2D eigenvalue weighted by atomic mass is 10.7. The van der Waals surface area contributed by atoms with E-state index in [1.54, 1.807) is 0 Å². The van der Waals surface area contributed by atoms with Crippen LogP contribution in [-0.2, 0) is 0 Å². The highest BCUT2D eigenvalue weighted by Crippen LogP contribution is 2.51. The van der Waals surface area contributed by atoms with Crippen molar-refractivity contribution in [2.45, 2.75) is 5.92 Å². The molecule has 0 bridgehead atoms.